The topological polar surface area (TPSA) is 63.4 Å². The van der Waals surface area contributed by atoms with E-state index in [0.717, 1.165) is 17.7 Å². The molecule has 0 spiro atoms. The Morgan fingerprint density at radius 1 is 1.33 bits per heavy atom. The third-order valence-electron chi connectivity index (χ3n) is 3.31. The molecule has 1 aromatic rings. The van der Waals surface area contributed by atoms with Crippen molar-refractivity contribution in [3.05, 3.63) is 24.3 Å². The molecule has 0 heterocycles. The van der Waals surface area contributed by atoms with Crippen molar-refractivity contribution >= 4 is 27.5 Å². The van der Waals surface area contributed by atoms with Gasteiger partial charge in [-0.25, -0.2) is 8.42 Å². The van der Waals surface area contributed by atoms with Gasteiger partial charge in [0.05, 0.1) is 12.3 Å². The zero-order valence-electron chi connectivity index (χ0n) is 11.9. The number of nitrogen functional groups attached to an aromatic ring is 1. The molecule has 114 valence electrons. The molecule has 0 bridgehead atoms. The van der Waals surface area contributed by atoms with Crippen LogP contribution in [0.25, 0.3) is 0 Å². The molecule has 2 N–H and O–H groups in total. The molecule has 6 heteroatoms. The molecule has 1 aliphatic rings. The van der Waals surface area contributed by atoms with Crippen LogP contribution in [0.5, 0.6) is 0 Å². The molecule has 0 aliphatic heterocycles. The number of anilines is 1. The molecule has 0 radical (unpaired) electrons. The summed E-state index contributed by atoms with van der Waals surface area (Å²) in [6.07, 6.45) is 7.50. The zero-order chi connectivity index (χ0) is 15.3. The standard InChI is InChI=1S/C15H20N2O2S2/c1-2-9-17(12-13-3-4-13)21(18,19)11-10-20-15-7-5-14(16)6-8-15/h1,5-8,13H,3-4,9-12,16H2. The summed E-state index contributed by atoms with van der Waals surface area (Å²) in [4.78, 5) is 1.02. The summed E-state index contributed by atoms with van der Waals surface area (Å²) in [5.41, 5.74) is 6.32. The molecule has 0 aromatic heterocycles. The lowest BCUT2D eigenvalue weighted by Gasteiger charge is -2.19. The quantitative estimate of drug-likeness (QED) is 0.451. The van der Waals surface area contributed by atoms with Crippen molar-refractivity contribution < 1.29 is 8.42 Å². The molecule has 1 aliphatic carbocycles. The summed E-state index contributed by atoms with van der Waals surface area (Å²) >= 11 is 1.51. The van der Waals surface area contributed by atoms with E-state index in [1.54, 1.807) is 0 Å². The molecule has 0 saturated heterocycles. The fraction of sp³-hybridized carbons (Fsp3) is 0.467. The molecular formula is C15H20N2O2S2. The van der Waals surface area contributed by atoms with Crippen LogP contribution in [0.15, 0.2) is 29.2 Å². The zero-order valence-corrected chi connectivity index (χ0v) is 13.5. The first-order chi connectivity index (χ1) is 10.0. The minimum atomic E-state index is -3.27. The summed E-state index contributed by atoms with van der Waals surface area (Å²) in [5, 5.41) is 0. The Labute approximate surface area is 131 Å². The van der Waals surface area contributed by atoms with Crippen LogP contribution < -0.4 is 5.73 Å². The van der Waals surface area contributed by atoms with Gasteiger partial charge in [-0.2, -0.15) is 4.31 Å². The Bertz CT molecular complexity index is 602. The first kappa shape index (κ1) is 16.2. The Hall–Kier alpha value is -1.16. The van der Waals surface area contributed by atoms with Crippen LogP contribution in [0.2, 0.25) is 0 Å². The van der Waals surface area contributed by atoms with E-state index in [1.807, 2.05) is 24.3 Å². The number of hydrogen-bond donors (Lipinski definition) is 1. The number of rotatable bonds is 8. The van der Waals surface area contributed by atoms with Crippen molar-refractivity contribution in [1.29, 1.82) is 0 Å². The van der Waals surface area contributed by atoms with Crippen LogP contribution in [-0.4, -0.2) is 37.3 Å². The third kappa shape index (κ3) is 5.27. The van der Waals surface area contributed by atoms with Gasteiger partial charge in [0.2, 0.25) is 10.0 Å². The number of benzene rings is 1. The molecule has 0 unspecified atom stereocenters. The fourth-order valence-electron chi connectivity index (χ4n) is 1.92. The molecule has 4 nitrogen and oxygen atoms in total. The van der Waals surface area contributed by atoms with Gasteiger partial charge in [0.25, 0.3) is 0 Å². The Balaban J connectivity index is 1.86. The maximum absolute atomic E-state index is 12.3. The summed E-state index contributed by atoms with van der Waals surface area (Å²) in [5.74, 6) is 3.56. The predicted octanol–water partition coefficient (Wildman–Crippen LogP) is 2.04. The number of nitrogens with zero attached hydrogens (tertiary/aromatic N) is 1. The first-order valence-electron chi connectivity index (χ1n) is 6.91. The van der Waals surface area contributed by atoms with Gasteiger partial charge in [-0.15, -0.1) is 18.2 Å². The van der Waals surface area contributed by atoms with Crippen LogP contribution in [0.4, 0.5) is 5.69 Å². The lowest BCUT2D eigenvalue weighted by molar-refractivity contribution is 0.431. The van der Waals surface area contributed by atoms with E-state index in [9.17, 15) is 8.42 Å². The number of nitrogens with two attached hydrogens (primary N) is 1. The smallest absolute Gasteiger partial charge is 0.215 e. The maximum Gasteiger partial charge on any atom is 0.215 e. The van der Waals surface area contributed by atoms with E-state index in [2.05, 4.69) is 5.92 Å². The van der Waals surface area contributed by atoms with Gasteiger partial charge < -0.3 is 5.73 Å². The van der Waals surface area contributed by atoms with Crippen molar-refractivity contribution in [1.82, 2.24) is 4.31 Å². The second kappa shape index (κ2) is 7.21. The van der Waals surface area contributed by atoms with Gasteiger partial charge >= 0.3 is 0 Å². The second-order valence-electron chi connectivity index (χ2n) is 5.17. The van der Waals surface area contributed by atoms with Gasteiger partial charge in [-0.3, -0.25) is 0 Å². The normalized spacial score (nSPS) is 15.0. The highest BCUT2D eigenvalue weighted by molar-refractivity contribution is 8.00. The van der Waals surface area contributed by atoms with Crippen molar-refractivity contribution in [2.24, 2.45) is 5.92 Å². The highest BCUT2D eigenvalue weighted by atomic mass is 32.2. The maximum atomic E-state index is 12.3. The van der Waals surface area contributed by atoms with Crippen molar-refractivity contribution in [3.63, 3.8) is 0 Å². The number of sulfonamides is 1. The average molecular weight is 324 g/mol. The summed E-state index contributed by atoms with van der Waals surface area (Å²) in [6.45, 7) is 0.741. The molecular weight excluding hydrogens is 304 g/mol. The molecule has 1 saturated carbocycles. The Morgan fingerprint density at radius 3 is 2.57 bits per heavy atom. The van der Waals surface area contributed by atoms with E-state index in [-0.39, 0.29) is 12.3 Å². The third-order valence-corrected chi connectivity index (χ3v) is 6.37. The van der Waals surface area contributed by atoms with Crippen LogP contribution in [0.3, 0.4) is 0 Å². The van der Waals surface area contributed by atoms with Crippen LogP contribution in [0.1, 0.15) is 12.8 Å². The minimum Gasteiger partial charge on any atom is -0.399 e. The monoisotopic (exact) mass is 324 g/mol. The highest BCUT2D eigenvalue weighted by Gasteiger charge is 2.29. The second-order valence-corrected chi connectivity index (χ2v) is 8.43. The van der Waals surface area contributed by atoms with E-state index in [1.165, 1.54) is 16.1 Å². The van der Waals surface area contributed by atoms with Gasteiger partial charge in [-0.1, -0.05) is 5.92 Å². The van der Waals surface area contributed by atoms with Crippen LogP contribution in [-0.2, 0) is 10.0 Å². The van der Waals surface area contributed by atoms with Crippen molar-refractivity contribution in [2.45, 2.75) is 17.7 Å². The lowest BCUT2D eigenvalue weighted by atomic mass is 10.3. The lowest BCUT2D eigenvalue weighted by Crippen LogP contribution is -2.35. The van der Waals surface area contributed by atoms with Crippen molar-refractivity contribution in [2.75, 3.05) is 30.3 Å². The van der Waals surface area contributed by atoms with E-state index >= 15 is 0 Å². The van der Waals surface area contributed by atoms with E-state index in [0.29, 0.717) is 23.9 Å². The molecule has 1 aromatic carbocycles. The molecule has 0 atom stereocenters. The minimum absolute atomic E-state index is 0.108. The highest BCUT2D eigenvalue weighted by Crippen LogP contribution is 2.30. The van der Waals surface area contributed by atoms with Crippen LogP contribution in [0, 0.1) is 18.3 Å². The van der Waals surface area contributed by atoms with E-state index in [4.69, 9.17) is 12.2 Å². The van der Waals surface area contributed by atoms with Gasteiger partial charge in [0.15, 0.2) is 0 Å². The molecule has 2 rings (SSSR count). The van der Waals surface area contributed by atoms with Crippen molar-refractivity contribution in [3.8, 4) is 12.3 Å². The predicted molar refractivity (Wildman–Crippen MR) is 88.5 cm³/mol. The fourth-order valence-corrected chi connectivity index (χ4v) is 4.63. The number of hydrogen-bond acceptors (Lipinski definition) is 4. The Morgan fingerprint density at radius 2 is 2.00 bits per heavy atom. The average Bonchev–Trinajstić information content (AvgIpc) is 3.24. The SMILES string of the molecule is C#CCN(CC1CC1)S(=O)(=O)CCSc1ccc(N)cc1. The largest absolute Gasteiger partial charge is 0.399 e. The number of thioether (sulfide) groups is 1. The van der Waals surface area contributed by atoms with Gasteiger partial charge in [0, 0.05) is 22.9 Å². The summed E-state index contributed by atoms with van der Waals surface area (Å²) in [7, 11) is -3.27. The first-order valence-corrected chi connectivity index (χ1v) is 9.50. The molecule has 21 heavy (non-hydrogen) atoms. The summed E-state index contributed by atoms with van der Waals surface area (Å²) in [6, 6.07) is 7.43. The Kier molecular flexibility index (Phi) is 5.57. The van der Waals surface area contributed by atoms with Crippen LogP contribution >= 0.6 is 11.8 Å². The molecule has 0 amide bonds. The van der Waals surface area contributed by atoms with Gasteiger partial charge in [0.1, 0.15) is 0 Å². The molecule has 1 fully saturated rings. The summed E-state index contributed by atoms with van der Waals surface area (Å²) < 4.78 is 26.1. The van der Waals surface area contributed by atoms with Gasteiger partial charge in [-0.05, 0) is 43.0 Å². The van der Waals surface area contributed by atoms with E-state index < -0.39 is 10.0 Å². The number of terminal acetylenes is 1.